The second kappa shape index (κ2) is 14.3. The third kappa shape index (κ3) is 7.86. The highest BCUT2D eigenvalue weighted by atomic mass is 32.2. The van der Waals surface area contributed by atoms with Crippen molar-refractivity contribution in [3.05, 3.63) is 42.7 Å². The minimum absolute atomic E-state index is 0.0332. The zero-order valence-electron chi connectivity index (χ0n) is 32.5. The molecule has 296 valence electrons. The zero-order chi connectivity index (χ0) is 39.5. The van der Waals surface area contributed by atoms with E-state index in [1.807, 2.05) is 43.3 Å². The standard InChI is InChI=1S/C40H52N6O8S/c1-24-11-7-8-12-26-20-40(26,36(50)44-55(51,52)39(6)15-16-39)21-32(47)31-18-27(53-34-28-13-9-10-14-30(28)46-23-41-43-37(46)42-34)22-45(31)35(49)29(25(2)17-24)19-33(48)54-38(3,4)5/h8-10,12-14,23-27,29,31H,7,11,15-22H2,1-6H3,(H,44,50)/b12-8-/t24-,25+,26+,27+,29-,31-,40+/m0/s1. The summed E-state index contributed by atoms with van der Waals surface area (Å²) in [5.74, 6) is -2.44. The third-order valence-electron chi connectivity index (χ3n) is 12.0. The number of hydrogen-bond acceptors (Lipinski definition) is 11. The summed E-state index contributed by atoms with van der Waals surface area (Å²) >= 11 is 0. The fraction of sp³-hybridized carbons (Fsp3) is 0.625. The molecule has 0 radical (unpaired) electrons. The van der Waals surface area contributed by atoms with Crippen LogP contribution in [0.3, 0.4) is 0 Å². The first-order valence-corrected chi connectivity index (χ1v) is 20.9. The fourth-order valence-electron chi connectivity index (χ4n) is 8.39. The summed E-state index contributed by atoms with van der Waals surface area (Å²) in [6.45, 7) is 11.1. The van der Waals surface area contributed by atoms with Gasteiger partial charge in [-0.2, -0.15) is 4.98 Å². The molecule has 0 bridgehead atoms. The predicted molar refractivity (Wildman–Crippen MR) is 203 cm³/mol. The molecular formula is C40H52N6O8S. The number of esters is 1. The second-order valence-electron chi connectivity index (χ2n) is 17.6. The number of allylic oxidation sites excluding steroid dienone is 2. The van der Waals surface area contributed by atoms with Crippen molar-refractivity contribution in [1.82, 2.24) is 29.2 Å². The number of sulfonamides is 1. The number of para-hydroxylation sites is 1. The van der Waals surface area contributed by atoms with Crippen LogP contribution in [0.5, 0.6) is 5.88 Å². The molecule has 4 heterocycles. The van der Waals surface area contributed by atoms with Gasteiger partial charge in [-0.25, -0.2) is 8.42 Å². The SMILES string of the molecule is C[C@H]1CC/C=C\[C@@H]2C[C@@]2(C(=O)NS(=O)(=O)C2(C)CC2)CC(=O)[C@@H]2C[C@@H](Oc3nc4nncn4c4ccccc34)CN2C(=O)[C@@H](CC(=O)OC(C)(C)C)[C@H](C)C1. The van der Waals surface area contributed by atoms with Crippen LogP contribution in [0.2, 0.25) is 0 Å². The van der Waals surface area contributed by atoms with Crippen molar-refractivity contribution in [2.75, 3.05) is 6.54 Å². The molecule has 7 rings (SSSR count). The number of Topliss-reactive ketones (excluding diaryl/α,β-unsaturated/α-hetero) is 1. The van der Waals surface area contributed by atoms with Gasteiger partial charge in [0.1, 0.15) is 18.0 Å². The Kier molecular flexibility index (Phi) is 10.1. The van der Waals surface area contributed by atoms with Gasteiger partial charge in [0.15, 0.2) is 5.78 Å². The average molecular weight is 777 g/mol. The molecule has 0 unspecified atom stereocenters. The highest BCUT2D eigenvalue weighted by Crippen LogP contribution is 2.57. The van der Waals surface area contributed by atoms with Crippen LogP contribution in [0.15, 0.2) is 42.7 Å². The van der Waals surface area contributed by atoms with Crippen molar-refractivity contribution in [2.45, 2.75) is 122 Å². The van der Waals surface area contributed by atoms with Crippen LogP contribution in [-0.2, 0) is 33.9 Å². The lowest BCUT2D eigenvalue weighted by atomic mass is 9.82. The highest BCUT2D eigenvalue weighted by Gasteiger charge is 2.62. The van der Waals surface area contributed by atoms with E-state index in [1.165, 1.54) is 4.90 Å². The third-order valence-corrected chi connectivity index (χ3v) is 14.2. The van der Waals surface area contributed by atoms with E-state index in [1.54, 1.807) is 38.4 Å². The second-order valence-corrected chi connectivity index (χ2v) is 19.8. The molecule has 14 nitrogen and oxygen atoms in total. The van der Waals surface area contributed by atoms with E-state index >= 15 is 0 Å². The maximum absolute atomic E-state index is 14.9. The number of nitrogens with zero attached hydrogens (tertiary/aromatic N) is 5. The number of nitrogens with one attached hydrogen (secondary N) is 1. The molecule has 2 aliphatic carbocycles. The number of carbonyl (C=O) groups is 4. The number of ketones is 1. The number of aromatic nitrogens is 4. The molecular weight excluding hydrogens is 725 g/mol. The normalized spacial score (nSPS) is 30.5. The Hall–Kier alpha value is -4.40. The molecule has 1 aromatic carbocycles. The topological polar surface area (TPSA) is 179 Å². The van der Waals surface area contributed by atoms with Gasteiger partial charge in [0, 0.05) is 12.8 Å². The van der Waals surface area contributed by atoms with Crippen LogP contribution >= 0.6 is 0 Å². The van der Waals surface area contributed by atoms with Crippen LogP contribution in [0.1, 0.15) is 99.3 Å². The van der Waals surface area contributed by atoms with Crippen molar-refractivity contribution < 1.29 is 37.1 Å². The number of rotatable bonds is 7. The molecule has 15 heteroatoms. The quantitative estimate of drug-likeness (QED) is 0.254. The van der Waals surface area contributed by atoms with Gasteiger partial charge < -0.3 is 14.4 Å². The van der Waals surface area contributed by atoms with E-state index in [2.05, 4.69) is 26.8 Å². The summed E-state index contributed by atoms with van der Waals surface area (Å²) in [5, 5.41) is 8.81. The van der Waals surface area contributed by atoms with Gasteiger partial charge in [-0.15, -0.1) is 10.2 Å². The van der Waals surface area contributed by atoms with Crippen LogP contribution in [0, 0.1) is 29.1 Å². The Balaban J connectivity index is 1.24. The summed E-state index contributed by atoms with van der Waals surface area (Å²) in [6.07, 6.45) is 7.97. The number of ether oxygens (including phenoxy) is 2. The van der Waals surface area contributed by atoms with E-state index in [-0.39, 0.29) is 61.1 Å². The first kappa shape index (κ1) is 38.9. The maximum Gasteiger partial charge on any atom is 0.307 e. The summed E-state index contributed by atoms with van der Waals surface area (Å²) in [6, 6.07) is 6.50. The largest absolute Gasteiger partial charge is 0.472 e. The first-order valence-electron chi connectivity index (χ1n) is 19.4. The Labute approximate surface area is 321 Å². The number of hydrogen-bond donors (Lipinski definition) is 1. The molecule has 3 aromatic rings. The van der Waals surface area contributed by atoms with E-state index in [4.69, 9.17) is 9.47 Å². The molecule has 7 atom stereocenters. The number of fused-ring (bicyclic) bond motifs is 5. The van der Waals surface area contributed by atoms with Gasteiger partial charge in [-0.3, -0.25) is 28.3 Å². The molecule has 2 aliphatic heterocycles. The average Bonchev–Trinajstić information content (AvgIpc) is 3.89. The lowest BCUT2D eigenvalue weighted by molar-refractivity contribution is -0.160. The number of carbonyl (C=O) groups excluding carboxylic acids is 4. The number of benzene rings is 1. The van der Waals surface area contributed by atoms with Crippen molar-refractivity contribution >= 4 is 50.3 Å². The van der Waals surface area contributed by atoms with Gasteiger partial charge >= 0.3 is 5.97 Å². The minimum Gasteiger partial charge on any atom is -0.472 e. The smallest absolute Gasteiger partial charge is 0.307 e. The Bertz CT molecular complexity index is 2160. The van der Waals surface area contributed by atoms with E-state index < -0.39 is 55.7 Å². The summed E-state index contributed by atoms with van der Waals surface area (Å²) in [5.41, 5.74) is -1.26. The lowest BCUT2D eigenvalue weighted by Gasteiger charge is -2.32. The molecule has 2 aromatic heterocycles. The Morgan fingerprint density at radius 3 is 2.56 bits per heavy atom. The van der Waals surface area contributed by atoms with Crippen LogP contribution < -0.4 is 9.46 Å². The molecule has 1 N–H and O–H groups in total. The molecule has 3 fully saturated rings. The van der Waals surface area contributed by atoms with Crippen molar-refractivity contribution in [1.29, 1.82) is 0 Å². The zero-order valence-corrected chi connectivity index (χ0v) is 33.3. The van der Waals surface area contributed by atoms with Gasteiger partial charge in [0.25, 0.3) is 5.78 Å². The molecule has 2 saturated carbocycles. The van der Waals surface area contributed by atoms with Crippen molar-refractivity contribution in [3.63, 3.8) is 0 Å². The summed E-state index contributed by atoms with van der Waals surface area (Å²) < 4.78 is 41.8. The molecule has 55 heavy (non-hydrogen) atoms. The van der Waals surface area contributed by atoms with E-state index in [9.17, 15) is 27.6 Å². The van der Waals surface area contributed by atoms with Crippen molar-refractivity contribution in [3.8, 4) is 5.88 Å². The van der Waals surface area contributed by atoms with Crippen LogP contribution in [-0.4, -0.2) is 85.5 Å². The molecule has 4 aliphatic rings. The predicted octanol–water partition coefficient (Wildman–Crippen LogP) is 4.95. The highest BCUT2D eigenvalue weighted by molar-refractivity contribution is 7.91. The minimum atomic E-state index is -3.96. The first-order chi connectivity index (χ1) is 25.9. The Morgan fingerprint density at radius 1 is 1.09 bits per heavy atom. The van der Waals surface area contributed by atoms with Crippen LogP contribution in [0.4, 0.5) is 0 Å². The monoisotopic (exact) mass is 776 g/mol. The molecule has 1 saturated heterocycles. The van der Waals surface area contributed by atoms with Gasteiger partial charge in [0.2, 0.25) is 27.7 Å². The maximum atomic E-state index is 14.9. The lowest BCUT2D eigenvalue weighted by Crippen LogP contribution is -2.48. The summed E-state index contributed by atoms with van der Waals surface area (Å²) in [7, 11) is -3.96. The van der Waals surface area contributed by atoms with E-state index in [0.717, 1.165) is 11.9 Å². The van der Waals surface area contributed by atoms with Crippen molar-refractivity contribution in [2.24, 2.45) is 29.1 Å². The molecule has 2 amide bonds. The summed E-state index contributed by atoms with van der Waals surface area (Å²) in [4.78, 5) is 63.0. The fourth-order valence-corrected chi connectivity index (χ4v) is 9.72. The Morgan fingerprint density at radius 2 is 1.84 bits per heavy atom. The molecule has 0 spiro atoms. The van der Waals surface area contributed by atoms with Gasteiger partial charge in [0.05, 0.1) is 46.0 Å². The van der Waals surface area contributed by atoms with Gasteiger partial charge in [-0.1, -0.05) is 38.1 Å². The van der Waals surface area contributed by atoms with Crippen LogP contribution in [0.25, 0.3) is 16.7 Å². The van der Waals surface area contributed by atoms with E-state index in [0.29, 0.717) is 43.3 Å². The van der Waals surface area contributed by atoms with Gasteiger partial charge in [-0.05, 0) is 96.1 Å². The number of amides is 2.